The number of anilines is 1. The van der Waals surface area contributed by atoms with E-state index in [0.29, 0.717) is 11.4 Å². The molecule has 86 valence electrons. The Morgan fingerprint density at radius 3 is 2.81 bits per heavy atom. The van der Waals surface area contributed by atoms with Crippen LogP contribution in [0.2, 0.25) is 0 Å². The van der Waals surface area contributed by atoms with Crippen molar-refractivity contribution in [1.82, 2.24) is 9.97 Å². The van der Waals surface area contributed by atoms with E-state index in [1.807, 2.05) is 0 Å². The fraction of sp³-hybridized carbons (Fsp3) is 0.300. The van der Waals surface area contributed by atoms with Crippen LogP contribution in [0.5, 0.6) is 5.88 Å². The van der Waals surface area contributed by atoms with Gasteiger partial charge in [-0.25, -0.2) is 9.78 Å². The van der Waals surface area contributed by atoms with Crippen molar-refractivity contribution >= 4 is 17.9 Å². The summed E-state index contributed by atoms with van der Waals surface area (Å²) in [5, 5.41) is 0. The van der Waals surface area contributed by atoms with E-state index in [-0.39, 0.29) is 18.3 Å². The van der Waals surface area contributed by atoms with Gasteiger partial charge in [0.25, 0.3) is 0 Å². The van der Waals surface area contributed by atoms with Crippen LogP contribution in [0.25, 0.3) is 6.08 Å². The summed E-state index contributed by atoms with van der Waals surface area (Å²) in [4.78, 5) is 18.9. The van der Waals surface area contributed by atoms with E-state index >= 15 is 0 Å². The van der Waals surface area contributed by atoms with Crippen LogP contribution in [-0.4, -0.2) is 29.7 Å². The van der Waals surface area contributed by atoms with E-state index in [1.165, 1.54) is 13.2 Å². The number of methoxy groups -OCH3 is 1. The Morgan fingerprint density at radius 2 is 2.25 bits per heavy atom. The van der Waals surface area contributed by atoms with Gasteiger partial charge in [-0.1, -0.05) is 12.7 Å². The fourth-order valence-corrected chi connectivity index (χ4v) is 1.06. The van der Waals surface area contributed by atoms with Gasteiger partial charge in [0, 0.05) is 0 Å². The zero-order valence-corrected chi connectivity index (χ0v) is 9.19. The number of hydrogen-bond donors (Lipinski definition) is 1. The summed E-state index contributed by atoms with van der Waals surface area (Å²) in [6.45, 7) is 5.02. The Kier molecular flexibility index (Phi) is 3.82. The Bertz CT molecular complexity index is 418. The molecule has 6 nitrogen and oxygen atoms in total. The Morgan fingerprint density at radius 1 is 1.56 bits per heavy atom. The fourth-order valence-electron chi connectivity index (χ4n) is 1.06. The average molecular weight is 223 g/mol. The third-order valence-electron chi connectivity index (χ3n) is 1.81. The molecular weight excluding hydrogens is 210 g/mol. The van der Waals surface area contributed by atoms with E-state index in [9.17, 15) is 4.79 Å². The third kappa shape index (κ3) is 2.69. The van der Waals surface area contributed by atoms with E-state index in [1.54, 1.807) is 6.92 Å². The van der Waals surface area contributed by atoms with Gasteiger partial charge in [-0.05, 0) is 6.92 Å². The molecule has 0 unspecified atom stereocenters. The van der Waals surface area contributed by atoms with E-state index in [2.05, 4.69) is 21.3 Å². The Hall–Kier alpha value is -2.11. The normalized spacial score (nSPS) is 9.62. The molecule has 6 heteroatoms. The Labute approximate surface area is 93.1 Å². The topological polar surface area (TPSA) is 87.3 Å². The summed E-state index contributed by atoms with van der Waals surface area (Å²) >= 11 is 0. The smallest absolute Gasteiger partial charge is 0.343 e. The second kappa shape index (κ2) is 5.11. The van der Waals surface area contributed by atoms with Gasteiger partial charge in [0.2, 0.25) is 5.88 Å². The number of carbonyl (C=O) groups is 1. The van der Waals surface area contributed by atoms with Crippen LogP contribution in [0.3, 0.4) is 0 Å². The first-order valence-corrected chi connectivity index (χ1v) is 4.54. The van der Waals surface area contributed by atoms with Crippen LogP contribution in [0.15, 0.2) is 6.58 Å². The second-order valence-electron chi connectivity index (χ2n) is 2.94. The molecule has 1 aromatic rings. The second-order valence-corrected chi connectivity index (χ2v) is 2.94. The predicted molar refractivity (Wildman–Crippen MR) is 58.8 cm³/mol. The molecule has 0 fully saturated rings. The summed E-state index contributed by atoms with van der Waals surface area (Å²) in [6.07, 6.45) is 1.47. The third-order valence-corrected chi connectivity index (χ3v) is 1.81. The van der Waals surface area contributed by atoms with Crippen LogP contribution >= 0.6 is 0 Å². The van der Waals surface area contributed by atoms with Crippen LogP contribution in [0.4, 0.5) is 5.82 Å². The molecule has 0 radical (unpaired) electrons. The molecular formula is C10H13N3O3. The maximum absolute atomic E-state index is 10.9. The first-order valence-electron chi connectivity index (χ1n) is 4.54. The van der Waals surface area contributed by atoms with Crippen LogP contribution in [0, 0.1) is 6.92 Å². The summed E-state index contributed by atoms with van der Waals surface area (Å²) < 4.78 is 9.61. The lowest BCUT2D eigenvalue weighted by atomic mass is 10.3. The minimum atomic E-state index is -0.496. The number of carbonyl (C=O) groups excluding carboxylic acids is 1. The van der Waals surface area contributed by atoms with Crippen LogP contribution < -0.4 is 10.5 Å². The van der Waals surface area contributed by atoms with Crippen molar-refractivity contribution in [2.45, 2.75) is 6.92 Å². The number of nitrogen functional groups attached to an aromatic ring is 1. The number of aryl methyl sites for hydroxylation is 1. The SMILES string of the molecule is C=Cc1c(N)nc(C)nc1OCC(=O)OC. The summed E-state index contributed by atoms with van der Waals surface area (Å²) in [5.41, 5.74) is 6.12. The number of esters is 1. The Balaban J connectivity index is 2.93. The molecule has 0 saturated heterocycles. The lowest BCUT2D eigenvalue weighted by Gasteiger charge is -2.09. The highest BCUT2D eigenvalue weighted by atomic mass is 16.6. The quantitative estimate of drug-likeness (QED) is 0.750. The number of rotatable bonds is 4. The standard InChI is InChI=1S/C10H13N3O3/c1-4-7-9(11)12-6(2)13-10(7)16-5-8(14)15-3/h4H,1,5H2,2-3H3,(H2,11,12,13). The van der Waals surface area contributed by atoms with Crippen molar-refractivity contribution in [3.05, 3.63) is 18.0 Å². The average Bonchev–Trinajstić information content (AvgIpc) is 2.25. The minimum absolute atomic E-state index is 0.227. The zero-order valence-electron chi connectivity index (χ0n) is 9.19. The molecule has 2 N–H and O–H groups in total. The van der Waals surface area contributed by atoms with Gasteiger partial charge in [-0.15, -0.1) is 0 Å². The first-order chi connectivity index (χ1) is 7.58. The summed E-state index contributed by atoms with van der Waals surface area (Å²) in [7, 11) is 1.28. The van der Waals surface area contributed by atoms with Gasteiger partial charge in [0.15, 0.2) is 6.61 Å². The number of hydrogen-bond acceptors (Lipinski definition) is 6. The highest BCUT2D eigenvalue weighted by Crippen LogP contribution is 2.21. The van der Waals surface area contributed by atoms with Gasteiger partial charge >= 0.3 is 5.97 Å². The lowest BCUT2D eigenvalue weighted by Crippen LogP contribution is -2.15. The molecule has 0 aliphatic rings. The zero-order chi connectivity index (χ0) is 12.1. The van der Waals surface area contributed by atoms with E-state index in [0.717, 1.165) is 0 Å². The molecule has 0 saturated carbocycles. The van der Waals surface area contributed by atoms with Gasteiger partial charge < -0.3 is 15.2 Å². The van der Waals surface area contributed by atoms with Crippen molar-refractivity contribution in [2.75, 3.05) is 19.5 Å². The molecule has 0 bridgehead atoms. The molecule has 0 atom stereocenters. The predicted octanol–water partition coefficient (Wildman–Crippen LogP) is 0.562. The molecule has 0 amide bonds. The number of ether oxygens (including phenoxy) is 2. The van der Waals surface area contributed by atoms with Gasteiger partial charge in [-0.2, -0.15) is 4.98 Å². The van der Waals surface area contributed by atoms with Crippen LogP contribution in [-0.2, 0) is 9.53 Å². The number of aromatic nitrogens is 2. The summed E-state index contributed by atoms with van der Waals surface area (Å²) in [5.74, 6) is 0.459. The van der Waals surface area contributed by atoms with E-state index < -0.39 is 5.97 Å². The monoisotopic (exact) mass is 223 g/mol. The van der Waals surface area contributed by atoms with Crippen molar-refractivity contribution in [3.8, 4) is 5.88 Å². The van der Waals surface area contributed by atoms with E-state index in [4.69, 9.17) is 10.5 Å². The summed E-state index contributed by atoms with van der Waals surface area (Å²) in [6, 6.07) is 0. The molecule has 1 heterocycles. The molecule has 16 heavy (non-hydrogen) atoms. The molecule has 1 aromatic heterocycles. The van der Waals surface area contributed by atoms with Gasteiger partial charge in [0.1, 0.15) is 11.6 Å². The molecule has 0 aromatic carbocycles. The maximum Gasteiger partial charge on any atom is 0.343 e. The highest BCUT2D eigenvalue weighted by molar-refractivity contribution is 5.71. The minimum Gasteiger partial charge on any atom is -0.466 e. The van der Waals surface area contributed by atoms with Crippen molar-refractivity contribution < 1.29 is 14.3 Å². The molecule has 0 spiro atoms. The van der Waals surface area contributed by atoms with Crippen molar-refractivity contribution in [1.29, 1.82) is 0 Å². The first kappa shape index (κ1) is 12.0. The van der Waals surface area contributed by atoms with Crippen molar-refractivity contribution in [3.63, 3.8) is 0 Å². The van der Waals surface area contributed by atoms with Crippen molar-refractivity contribution in [2.24, 2.45) is 0 Å². The lowest BCUT2D eigenvalue weighted by molar-refractivity contribution is -0.143. The van der Waals surface area contributed by atoms with Gasteiger partial charge in [0.05, 0.1) is 12.7 Å². The largest absolute Gasteiger partial charge is 0.466 e. The molecule has 0 aliphatic carbocycles. The highest BCUT2D eigenvalue weighted by Gasteiger charge is 2.11. The number of nitrogens with zero attached hydrogens (tertiary/aromatic N) is 2. The van der Waals surface area contributed by atoms with Gasteiger partial charge in [-0.3, -0.25) is 0 Å². The molecule has 0 aliphatic heterocycles. The van der Waals surface area contributed by atoms with Crippen LogP contribution in [0.1, 0.15) is 11.4 Å². The maximum atomic E-state index is 10.9. The molecule has 1 rings (SSSR count). The number of nitrogens with two attached hydrogens (primary N) is 1.